The average molecular weight is 511 g/mol. The maximum atomic E-state index is 12.4. The summed E-state index contributed by atoms with van der Waals surface area (Å²) < 4.78 is 10.7. The third-order valence-corrected chi connectivity index (χ3v) is 5.50. The van der Waals surface area contributed by atoms with E-state index in [2.05, 4.69) is 13.8 Å². The van der Waals surface area contributed by atoms with Crippen LogP contribution in [0.25, 0.3) is 0 Å². The van der Waals surface area contributed by atoms with Crippen molar-refractivity contribution in [3.05, 3.63) is 71.8 Å². The number of benzene rings is 2. The van der Waals surface area contributed by atoms with E-state index in [9.17, 15) is 9.59 Å². The molecule has 2 aromatic carbocycles. The molecule has 0 amide bonds. The van der Waals surface area contributed by atoms with Gasteiger partial charge in [-0.25, -0.2) is 9.59 Å². The minimum atomic E-state index is -0.444. The molecule has 0 N–H and O–H groups in total. The van der Waals surface area contributed by atoms with Crippen LogP contribution in [0.15, 0.2) is 60.7 Å². The Morgan fingerprint density at radius 1 is 0.543 bits per heavy atom. The van der Waals surface area contributed by atoms with E-state index in [0.29, 0.717) is 24.3 Å². The van der Waals surface area contributed by atoms with Gasteiger partial charge in [0.1, 0.15) is 0 Å². The molecule has 0 spiro atoms. The third-order valence-electron chi connectivity index (χ3n) is 5.50. The Hall–Kier alpha value is -1.36. The second kappa shape index (κ2) is 24.3. The van der Waals surface area contributed by atoms with Crippen LogP contribution in [0.3, 0.4) is 0 Å². The molecule has 5 heteroatoms. The number of ether oxygens (including phenoxy) is 2. The van der Waals surface area contributed by atoms with E-state index in [4.69, 9.17) is 9.47 Å². The Bertz CT molecular complexity index is 699. The zero-order chi connectivity index (χ0) is 24.7. The first kappa shape index (κ1) is 33.6. The average Bonchev–Trinajstić information content (AvgIpc) is 2.88. The van der Waals surface area contributed by atoms with Crippen molar-refractivity contribution in [1.29, 1.82) is 0 Å². The van der Waals surface area contributed by atoms with Crippen molar-refractivity contribution in [3.63, 3.8) is 0 Å². The Balaban J connectivity index is -0.00000112. The summed E-state index contributed by atoms with van der Waals surface area (Å²) in [5.74, 6) is -0.888. The molecule has 0 aliphatic carbocycles. The molecule has 0 saturated carbocycles. The first-order chi connectivity index (χ1) is 16.7. The monoisotopic (exact) mass is 510 g/mol. The predicted molar refractivity (Wildman–Crippen MR) is 148 cm³/mol. The van der Waals surface area contributed by atoms with Crippen LogP contribution in [0, 0.1) is 0 Å². The van der Waals surface area contributed by atoms with Gasteiger partial charge in [0.25, 0.3) is 0 Å². The van der Waals surface area contributed by atoms with Crippen LogP contribution < -0.4 is 0 Å². The van der Waals surface area contributed by atoms with Crippen LogP contribution in [0.2, 0.25) is 0 Å². The molecule has 0 aromatic heterocycles. The number of carbonyl (C=O) groups excluding carboxylic acids is 2. The van der Waals surface area contributed by atoms with Crippen LogP contribution in [0.5, 0.6) is 0 Å². The van der Waals surface area contributed by atoms with E-state index in [1.807, 2.05) is 36.4 Å². The molecule has 35 heavy (non-hydrogen) atoms. The fraction of sp³-hybridized carbons (Fsp3) is 0.533. The largest absolute Gasteiger partial charge is 2.00 e. The molecule has 0 aliphatic heterocycles. The molecular formula is C30H46CaO4. The summed E-state index contributed by atoms with van der Waals surface area (Å²) in [5, 5.41) is 0. The van der Waals surface area contributed by atoms with Gasteiger partial charge in [0, 0.05) is 0 Å². The summed E-state index contributed by atoms with van der Waals surface area (Å²) in [7, 11) is 0. The summed E-state index contributed by atoms with van der Waals surface area (Å²) >= 11 is 0. The quantitative estimate of drug-likeness (QED) is 0.130. The van der Waals surface area contributed by atoms with Gasteiger partial charge in [-0.3, -0.25) is 0 Å². The zero-order valence-corrected chi connectivity index (χ0v) is 24.2. The van der Waals surface area contributed by atoms with Gasteiger partial charge < -0.3 is 12.3 Å². The molecule has 0 fully saturated rings. The van der Waals surface area contributed by atoms with Gasteiger partial charge in [0.15, 0.2) is 0 Å². The first-order valence-corrected chi connectivity index (χ1v) is 13.1. The summed E-state index contributed by atoms with van der Waals surface area (Å²) in [4.78, 5) is 24.7. The van der Waals surface area contributed by atoms with Crippen LogP contribution >= 0.6 is 0 Å². The number of hydrogen-bond donors (Lipinski definition) is 0. The van der Waals surface area contributed by atoms with Crippen LogP contribution in [-0.2, 0) is 9.47 Å². The molecule has 0 bridgehead atoms. The normalized spacial score (nSPS) is 9.89. The summed E-state index contributed by atoms with van der Waals surface area (Å²) in [6.45, 7) is 5.17. The van der Waals surface area contributed by atoms with E-state index in [1.54, 1.807) is 24.3 Å². The van der Waals surface area contributed by atoms with E-state index in [1.165, 1.54) is 51.4 Å². The number of unbranched alkanes of at least 4 members (excludes halogenated alkanes) is 10. The Morgan fingerprint density at radius 2 is 0.857 bits per heavy atom. The molecule has 0 aliphatic rings. The molecule has 192 valence electrons. The van der Waals surface area contributed by atoms with Gasteiger partial charge in [-0.1, -0.05) is 127 Å². The van der Waals surface area contributed by atoms with Gasteiger partial charge in [-0.2, -0.15) is 0 Å². The standard InChI is InChI=1S/C24H38O4.C6H6.Ca.2H/c1-3-5-7-9-11-15-19-27-23(25)21-17-13-14-18-22(21)24(26)28-20-16-12-10-8-6-4-2;1-2-4-6-5-3-1;;;/h13-14,17-18H,3-12,15-16,19-20H2,1-2H3;1-6H;;;/q;;+2;2*-1. The van der Waals surface area contributed by atoms with Gasteiger partial charge in [0.05, 0.1) is 24.3 Å². The van der Waals surface area contributed by atoms with Gasteiger partial charge in [-0.05, 0) is 25.0 Å². The Labute approximate surface area is 246 Å². The number of rotatable bonds is 16. The van der Waals surface area contributed by atoms with E-state index in [-0.39, 0.29) is 40.6 Å². The predicted octanol–water partition coefficient (Wildman–Crippen LogP) is 8.25. The molecule has 0 heterocycles. The fourth-order valence-electron chi connectivity index (χ4n) is 3.47. The maximum Gasteiger partial charge on any atom is 2.00 e. The van der Waals surface area contributed by atoms with E-state index < -0.39 is 11.9 Å². The van der Waals surface area contributed by atoms with E-state index in [0.717, 1.165) is 25.7 Å². The van der Waals surface area contributed by atoms with Crippen LogP contribution in [0.4, 0.5) is 0 Å². The van der Waals surface area contributed by atoms with Crippen LogP contribution in [-0.4, -0.2) is 62.9 Å². The molecule has 2 rings (SSSR count). The fourth-order valence-corrected chi connectivity index (χ4v) is 3.47. The SMILES string of the molecule is CCCCCCCCOC(=O)c1ccccc1C(=O)OCCCCCCCC.[Ca+2].[H-].[H-].c1ccccc1. The molecule has 0 unspecified atom stereocenters. The van der Waals surface area contributed by atoms with Gasteiger partial charge >= 0.3 is 49.7 Å². The van der Waals surface area contributed by atoms with Crippen molar-refractivity contribution in [2.45, 2.75) is 90.9 Å². The minimum absolute atomic E-state index is 0. The van der Waals surface area contributed by atoms with Crippen molar-refractivity contribution in [3.8, 4) is 0 Å². The van der Waals surface area contributed by atoms with Crippen LogP contribution in [0.1, 0.15) is 114 Å². The second-order valence-electron chi connectivity index (χ2n) is 8.51. The first-order valence-electron chi connectivity index (χ1n) is 13.1. The summed E-state index contributed by atoms with van der Waals surface area (Å²) in [6.07, 6.45) is 13.6. The number of carbonyl (C=O) groups is 2. The van der Waals surface area contributed by atoms with E-state index >= 15 is 0 Å². The molecule has 0 saturated heterocycles. The molecule has 0 radical (unpaired) electrons. The smallest absolute Gasteiger partial charge is 1.00 e. The molecule has 4 nitrogen and oxygen atoms in total. The Kier molecular flexibility index (Phi) is 23.4. The van der Waals surface area contributed by atoms with Crippen molar-refractivity contribution in [2.24, 2.45) is 0 Å². The van der Waals surface area contributed by atoms with Crippen molar-refractivity contribution in [1.82, 2.24) is 0 Å². The topological polar surface area (TPSA) is 52.6 Å². The summed E-state index contributed by atoms with van der Waals surface area (Å²) in [6, 6.07) is 18.7. The van der Waals surface area contributed by atoms with Crippen molar-refractivity contribution >= 4 is 49.7 Å². The van der Waals surface area contributed by atoms with Gasteiger partial charge in [0.2, 0.25) is 0 Å². The molecular weight excluding hydrogens is 464 g/mol. The molecule has 0 atom stereocenters. The number of hydrogen-bond acceptors (Lipinski definition) is 4. The van der Waals surface area contributed by atoms with Crippen molar-refractivity contribution < 1.29 is 21.9 Å². The third kappa shape index (κ3) is 17.7. The second-order valence-corrected chi connectivity index (χ2v) is 8.51. The van der Waals surface area contributed by atoms with Crippen molar-refractivity contribution in [2.75, 3.05) is 13.2 Å². The zero-order valence-electron chi connectivity index (χ0n) is 24.0. The minimum Gasteiger partial charge on any atom is -1.00 e. The maximum absolute atomic E-state index is 12.4. The van der Waals surface area contributed by atoms with Gasteiger partial charge in [-0.15, -0.1) is 0 Å². The Morgan fingerprint density at radius 3 is 1.20 bits per heavy atom. The number of esters is 2. The molecule has 2 aromatic rings. The summed E-state index contributed by atoms with van der Waals surface area (Å²) in [5.41, 5.74) is 0.586.